The second kappa shape index (κ2) is 7.48. The molecule has 3 atom stereocenters. The van der Waals surface area contributed by atoms with Crippen LogP contribution in [0.25, 0.3) is 0 Å². The van der Waals surface area contributed by atoms with Crippen molar-refractivity contribution in [3.05, 3.63) is 24.2 Å². The number of amides is 1. The molecule has 0 aliphatic carbocycles. The SMILES string of the molecule is CCC1CCNC(C(=O)NC(C)CCc2ccco2)C1. The Morgan fingerprint density at radius 1 is 1.60 bits per heavy atom. The van der Waals surface area contributed by atoms with E-state index in [9.17, 15) is 4.79 Å². The summed E-state index contributed by atoms with van der Waals surface area (Å²) < 4.78 is 5.31. The van der Waals surface area contributed by atoms with Crippen molar-refractivity contribution in [3.63, 3.8) is 0 Å². The predicted octanol–water partition coefficient (Wildman–Crippen LogP) is 2.50. The molecule has 112 valence electrons. The Morgan fingerprint density at radius 3 is 3.15 bits per heavy atom. The van der Waals surface area contributed by atoms with Crippen LogP contribution in [0.4, 0.5) is 0 Å². The number of aryl methyl sites for hydroxylation is 1. The Kier molecular flexibility index (Phi) is 5.65. The second-order valence-corrected chi connectivity index (χ2v) is 5.83. The number of furan rings is 1. The topological polar surface area (TPSA) is 54.3 Å². The maximum absolute atomic E-state index is 12.2. The van der Waals surface area contributed by atoms with E-state index < -0.39 is 0 Å². The molecule has 1 amide bonds. The van der Waals surface area contributed by atoms with Gasteiger partial charge in [-0.05, 0) is 50.8 Å². The van der Waals surface area contributed by atoms with Crippen LogP contribution in [0.5, 0.6) is 0 Å². The summed E-state index contributed by atoms with van der Waals surface area (Å²) in [5.41, 5.74) is 0. The average molecular weight is 278 g/mol. The first-order valence-corrected chi connectivity index (χ1v) is 7.75. The van der Waals surface area contributed by atoms with E-state index in [1.807, 2.05) is 12.1 Å². The number of carbonyl (C=O) groups is 1. The molecule has 0 radical (unpaired) electrons. The van der Waals surface area contributed by atoms with Crippen molar-refractivity contribution < 1.29 is 9.21 Å². The van der Waals surface area contributed by atoms with E-state index in [1.54, 1.807) is 6.26 Å². The van der Waals surface area contributed by atoms with Crippen LogP contribution in [0, 0.1) is 5.92 Å². The number of hydrogen-bond acceptors (Lipinski definition) is 3. The van der Waals surface area contributed by atoms with Crippen molar-refractivity contribution >= 4 is 5.91 Å². The van der Waals surface area contributed by atoms with Crippen LogP contribution in [0.2, 0.25) is 0 Å². The van der Waals surface area contributed by atoms with Gasteiger partial charge >= 0.3 is 0 Å². The third kappa shape index (κ3) is 4.37. The summed E-state index contributed by atoms with van der Waals surface area (Å²) in [5.74, 6) is 1.81. The van der Waals surface area contributed by atoms with E-state index in [0.29, 0.717) is 5.92 Å². The quantitative estimate of drug-likeness (QED) is 0.840. The van der Waals surface area contributed by atoms with E-state index in [2.05, 4.69) is 24.5 Å². The minimum atomic E-state index is -0.0141. The highest BCUT2D eigenvalue weighted by Crippen LogP contribution is 2.19. The van der Waals surface area contributed by atoms with Crippen LogP contribution in [-0.2, 0) is 11.2 Å². The highest BCUT2D eigenvalue weighted by Gasteiger charge is 2.26. The highest BCUT2D eigenvalue weighted by atomic mass is 16.3. The Morgan fingerprint density at radius 2 is 2.45 bits per heavy atom. The maximum atomic E-state index is 12.2. The second-order valence-electron chi connectivity index (χ2n) is 5.83. The van der Waals surface area contributed by atoms with Gasteiger partial charge in [0.25, 0.3) is 0 Å². The van der Waals surface area contributed by atoms with Gasteiger partial charge in [-0.25, -0.2) is 0 Å². The Bertz CT molecular complexity index is 403. The summed E-state index contributed by atoms with van der Waals surface area (Å²) in [6.45, 7) is 5.22. The molecule has 1 aromatic heterocycles. The van der Waals surface area contributed by atoms with Crippen LogP contribution in [-0.4, -0.2) is 24.5 Å². The van der Waals surface area contributed by atoms with Crippen molar-refractivity contribution in [2.75, 3.05) is 6.54 Å². The fourth-order valence-corrected chi connectivity index (χ4v) is 2.80. The maximum Gasteiger partial charge on any atom is 0.237 e. The lowest BCUT2D eigenvalue weighted by Crippen LogP contribution is -2.50. The van der Waals surface area contributed by atoms with E-state index >= 15 is 0 Å². The number of piperidine rings is 1. The lowest BCUT2D eigenvalue weighted by Gasteiger charge is -2.29. The van der Waals surface area contributed by atoms with E-state index in [4.69, 9.17) is 4.42 Å². The largest absolute Gasteiger partial charge is 0.469 e. The minimum absolute atomic E-state index is 0.0141. The van der Waals surface area contributed by atoms with Gasteiger partial charge in [0.05, 0.1) is 12.3 Å². The molecule has 0 spiro atoms. The van der Waals surface area contributed by atoms with Gasteiger partial charge in [-0.15, -0.1) is 0 Å². The molecule has 0 saturated carbocycles. The third-order valence-corrected chi connectivity index (χ3v) is 4.20. The third-order valence-electron chi connectivity index (χ3n) is 4.20. The molecule has 4 nitrogen and oxygen atoms in total. The summed E-state index contributed by atoms with van der Waals surface area (Å²) in [5, 5.41) is 6.44. The van der Waals surface area contributed by atoms with Gasteiger partial charge in [-0.2, -0.15) is 0 Å². The molecule has 1 aliphatic rings. The standard InChI is InChI=1S/C16H26N2O2/c1-3-13-8-9-17-15(11-13)16(19)18-12(2)6-7-14-5-4-10-20-14/h4-5,10,12-13,15,17H,3,6-9,11H2,1-2H3,(H,18,19). The first kappa shape index (κ1) is 15.1. The number of rotatable bonds is 6. The molecule has 0 aromatic carbocycles. The van der Waals surface area contributed by atoms with Crippen LogP contribution in [0.1, 0.15) is 45.3 Å². The fourth-order valence-electron chi connectivity index (χ4n) is 2.80. The Hall–Kier alpha value is -1.29. The molecule has 1 fully saturated rings. The zero-order chi connectivity index (χ0) is 14.4. The van der Waals surface area contributed by atoms with E-state index in [-0.39, 0.29) is 18.0 Å². The lowest BCUT2D eigenvalue weighted by atomic mass is 9.90. The molecular formula is C16H26N2O2. The summed E-state index contributed by atoms with van der Waals surface area (Å²) in [6.07, 6.45) is 6.78. The van der Waals surface area contributed by atoms with Gasteiger partial charge in [-0.1, -0.05) is 13.3 Å². The van der Waals surface area contributed by atoms with Crippen LogP contribution >= 0.6 is 0 Å². The monoisotopic (exact) mass is 278 g/mol. The molecule has 1 aromatic rings. The summed E-state index contributed by atoms with van der Waals surface area (Å²) in [6, 6.07) is 4.04. The summed E-state index contributed by atoms with van der Waals surface area (Å²) >= 11 is 0. The van der Waals surface area contributed by atoms with Crippen molar-refractivity contribution in [1.29, 1.82) is 0 Å². The Balaban J connectivity index is 1.72. The predicted molar refractivity (Wildman–Crippen MR) is 79.4 cm³/mol. The molecule has 1 aliphatic heterocycles. The van der Waals surface area contributed by atoms with Gasteiger partial charge in [0, 0.05) is 12.5 Å². The van der Waals surface area contributed by atoms with Crippen molar-refractivity contribution in [2.45, 2.75) is 58.0 Å². The Labute approximate surface area is 121 Å². The first-order valence-electron chi connectivity index (χ1n) is 7.75. The molecule has 1 saturated heterocycles. The molecule has 4 heteroatoms. The molecule has 2 N–H and O–H groups in total. The molecule has 2 rings (SSSR count). The molecule has 20 heavy (non-hydrogen) atoms. The molecule has 0 bridgehead atoms. The van der Waals surface area contributed by atoms with Gasteiger partial charge in [0.2, 0.25) is 5.91 Å². The number of carbonyl (C=O) groups excluding carboxylic acids is 1. The smallest absolute Gasteiger partial charge is 0.237 e. The number of nitrogens with one attached hydrogen (secondary N) is 2. The van der Waals surface area contributed by atoms with Crippen molar-refractivity contribution in [3.8, 4) is 0 Å². The fraction of sp³-hybridized carbons (Fsp3) is 0.688. The molecular weight excluding hydrogens is 252 g/mol. The average Bonchev–Trinajstić information content (AvgIpc) is 2.98. The van der Waals surface area contributed by atoms with Crippen LogP contribution in [0.3, 0.4) is 0 Å². The normalized spacial score (nSPS) is 24.3. The summed E-state index contributed by atoms with van der Waals surface area (Å²) in [7, 11) is 0. The molecule has 2 heterocycles. The van der Waals surface area contributed by atoms with Gasteiger partial charge in [0.15, 0.2) is 0 Å². The van der Waals surface area contributed by atoms with Crippen molar-refractivity contribution in [1.82, 2.24) is 10.6 Å². The summed E-state index contributed by atoms with van der Waals surface area (Å²) in [4.78, 5) is 12.2. The van der Waals surface area contributed by atoms with Crippen molar-refractivity contribution in [2.24, 2.45) is 5.92 Å². The zero-order valence-corrected chi connectivity index (χ0v) is 12.5. The number of hydrogen-bond donors (Lipinski definition) is 2. The van der Waals surface area contributed by atoms with Gasteiger partial charge in [-0.3, -0.25) is 4.79 Å². The highest BCUT2D eigenvalue weighted by molar-refractivity contribution is 5.82. The van der Waals surface area contributed by atoms with Gasteiger partial charge in [0.1, 0.15) is 5.76 Å². The minimum Gasteiger partial charge on any atom is -0.469 e. The first-order chi connectivity index (χ1) is 9.69. The van der Waals surface area contributed by atoms with Crippen LogP contribution in [0.15, 0.2) is 22.8 Å². The van der Waals surface area contributed by atoms with E-state index in [0.717, 1.165) is 31.6 Å². The van der Waals surface area contributed by atoms with E-state index in [1.165, 1.54) is 12.8 Å². The van der Waals surface area contributed by atoms with Crippen LogP contribution < -0.4 is 10.6 Å². The molecule has 3 unspecified atom stereocenters. The lowest BCUT2D eigenvalue weighted by molar-refractivity contribution is -0.124. The zero-order valence-electron chi connectivity index (χ0n) is 12.5. The van der Waals surface area contributed by atoms with Gasteiger partial charge < -0.3 is 15.1 Å².